The molecule has 15 unspecified atom stereocenters. The molecule has 15 atom stereocenters. The maximum atomic E-state index is 13.9. The summed E-state index contributed by atoms with van der Waals surface area (Å²) >= 11 is 0. The van der Waals surface area contributed by atoms with Gasteiger partial charge in [0.1, 0.15) is 71.5 Å². The first kappa shape index (κ1) is 41.5. The summed E-state index contributed by atoms with van der Waals surface area (Å²) in [6.45, 7) is 3.21. The molecule has 4 heterocycles. The Hall–Kier alpha value is -4.10. The van der Waals surface area contributed by atoms with E-state index in [0.29, 0.717) is 0 Å². The first-order valence-corrected chi connectivity index (χ1v) is 17.4. The molecule has 3 fully saturated rings. The topological polar surface area (TPSA) is 312 Å². The zero-order chi connectivity index (χ0) is 40.9. The molecule has 1 aromatic heterocycles. The Morgan fingerprint density at radius 3 is 1.95 bits per heavy atom. The molecule has 0 spiro atoms. The number of ether oxygens (including phenoxy) is 9. The lowest BCUT2D eigenvalue weighted by Gasteiger charge is -2.46. The van der Waals surface area contributed by atoms with Crippen LogP contribution < -0.4 is 24.4 Å². The molecule has 9 N–H and O–H groups in total. The van der Waals surface area contributed by atoms with Crippen LogP contribution in [-0.4, -0.2) is 165 Å². The van der Waals surface area contributed by atoms with Crippen molar-refractivity contribution in [2.45, 2.75) is 113 Å². The lowest BCUT2D eigenvalue weighted by atomic mass is 9.97. The molecular formula is C35H44O21. The Morgan fingerprint density at radius 2 is 1.30 bits per heavy atom. The molecule has 0 radical (unpaired) electrons. The standard InChI is InChI=1S/C35H44O21/c1-10-21(38)26(43)28(45)33(49-10)56-31-22(39)11(2)50-35(32(31)51-12(3)37)53-16-7-14-13(6-15(16)47-4)23(40)20-17(52-14)8-18(30(48-5)25(20)42)54-34-29(46)27(44)24(41)19(9-36)55-34/h6-8,10-11,19,21-22,24,26-29,31-36,38-39,41-46H,9H2,1-5H3. The van der Waals surface area contributed by atoms with Gasteiger partial charge in [0.2, 0.25) is 23.8 Å². The molecule has 0 aliphatic carbocycles. The number of esters is 1. The van der Waals surface area contributed by atoms with Crippen LogP contribution in [0.2, 0.25) is 0 Å². The molecule has 6 rings (SSSR count). The number of aliphatic hydroxyl groups is 8. The van der Waals surface area contributed by atoms with E-state index in [1.54, 1.807) is 0 Å². The second kappa shape index (κ2) is 16.4. The van der Waals surface area contributed by atoms with E-state index in [0.717, 1.165) is 20.1 Å². The molecule has 3 saturated heterocycles. The summed E-state index contributed by atoms with van der Waals surface area (Å²) in [6.07, 6.45) is -23.1. The van der Waals surface area contributed by atoms with Crippen molar-refractivity contribution in [2.75, 3.05) is 20.8 Å². The summed E-state index contributed by atoms with van der Waals surface area (Å²) in [5.74, 6) is -2.53. The third-order valence-corrected chi connectivity index (χ3v) is 9.84. The molecule has 310 valence electrons. The van der Waals surface area contributed by atoms with Crippen molar-refractivity contribution in [3.8, 4) is 28.7 Å². The van der Waals surface area contributed by atoms with Gasteiger partial charge in [-0.3, -0.25) is 9.59 Å². The zero-order valence-electron chi connectivity index (χ0n) is 30.5. The number of hydrogen-bond donors (Lipinski definition) is 9. The Labute approximate surface area is 316 Å². The predicted molar refractivity (Wildman–Crippen MR) is 183 cm³/mol. The van der Waals surface area contributed by atoms with Crippen molar-refractivity contribution in [3.63, 3.8) is 0 Å². The van der Waals surface area contributed by atoms with Gasteiger partial charge in [0, 0.05) is 19.1 Å². The summed E-state index contributed by atoms with van der Waals surface area (Å²) in [7, 11) is 2.41. The highest BCUT2D eigenvalue weighted by Crippen LogP contribution is 2.45. The van der Waals surface area contributed by atoms with Gasteiger partial charge < -0.3 is 93.0 Å². The Balaban J connectivity index is 1.37. The second-order valence-electron chi connectivity index (χ2n) is 13.5. The molecule has 56 heavy (non-hydrogen) atoms. The van der Waals surface area contributed by atoms with Crippen LogP contribution in [-0.2, 0) is 28.5 Å². The lowest BCUT2D eigenvalue weighted by Crippen LogP contribution is -2.64. The van der Waals surface area contributed by atoms with Gasteiger partial charge in [0.05, 0.1) is 38.4 Å². The number of phenols is 1. The molecule has 0 amide bonds. The molecule has 2 aromatic carbocycles. The second-order valence-corrected chi connectivity index (χ2v) is 13.5. The number of rotatable bonds is 10. The zero-order valence-corrected chi connectivity index (χ0v) is 30.5. The number of carbonyl (C=O) groups is 1. The van der Waals surface area contributed by atoms with Gasteiger partial charge in [0.25, 0.3) is 0 Å². The normalized spacial score (nSPS) is 36.3. The minimum atomic E-state index is -1.83. The smallest absolute Gasteiger partial charge is 0.303 e. The van der Waals surface area contributed by atoms with E-state index in [1.807, 2.05) is 0 Å². The van der Waals surface area contributed by atoms with E-state index in [2.05, 4.69) is 0 Å². The third-order valence-electron chi connectivity index (χ3n) is 9.84. The third kappa shape index (κ3) is 7.53. The van der Waals surface area contributed by atoms with Crippen LogP contribution in [0.25, 0.3) is 21.9 Å². The van der Waals surface area contributed by atoms with Gasteiger partial charge >= 0.3 is 5.97 Å². The fourth-order valence-corrected chi connectivity index (χ4v) is 6.74. The van der Waals surface area contributed by atoms with Gasteiger partial charge in [0.15, 0.2) is 35.4 Å². The molecule has 0 saturated carbocycles. The van der Waals surface area contributed by atoms with Gasteiger partial charge in [-0.1, -0.05) is 0 Å². The van der Waals surface area contributed by atoms with Crippen LogP contribution in [0.1, 0.15) is 20.8 Å². The molecule has 3 aliphatic rings. The highest BCUT2D eigenvalue weighted by atomic mass is 16.8. The summed E-state index contributed by atoms with van der Waals surface area (Å²) in [5.41, 5.74) is -1.20. The largest absolute Gasteiger partial charge is 0.504 e. The average Bonchev–Trinajstić information content (AvgIpc) is 3.16. The fraction of sp³-hybridized carbons (Fsp3) is 0.600. The van der Waals surface area contributed by atoms with Crippen molar-refractivity contribution in [2.24, 2.45) is 0 Å². The van der Waals surface area contributed by atoms with Gasteiger partial charge in [-0.15, -0.1) is 0 Å². The highest BCUT2D eigenvalue weighted by Gasteiger charge is 2.52. The summed E-state index contributed by atoms with van der Waals surface area (Å²) in [4.78, 5) is 26.2. The van der Waals surface area contributed by atoms with E-state index in [-0.39, 0.29) is 39.2 Å². The maximum Gasteiger partial charge on any atom is 0.303 e. The van der Waals surface area contributed by atoms with Crippen molar-refractivity contribution in [3.05, 3.63) is 28.4 Å². The minimum Gasteiger partial charge on any atom is -0.504 e. The first-order valence-electron chi connectivity index (χ1n) is 17.4. The van der Waals surface area contributed by atoms with Crippen LogP contribution >= 0.6 is 0 Å². The van der Waals surface area contributed by atoms with Crippen molar-refractivity contribution in [1.82, 2.24) is 0 Å². The Bertz CT molecular complexity index is 1950. The fourth-order valence-electron chi connectivity index (χ4n) is 6.74. The minimum absolute atomic E-state index is 0.0726. The Kier molecular flexibility index (Phi) is 12.2. The van der Waals surface area contributed by atoms with Crippen LogP contribution in [0.4, 0.5) is 0 Å². The van der Waals surface area contributed by atoms with E-state index < -0.39 is 122 Å². The molecule has 3 aliphatic heterocycles. The number of methoxy groups -OCH3 is 2. The number of aliphatic hydroxyl groups excluding tert-OH is 8. The summed E-state index contributed by atoms with van der Waals surface area (Å²) in [5, 5.41) is 93.4. The Morgan fingerprint density at radius 1 is 0.696 bits per heavy atom. The van der Waals surface area contributed by atoms with E-state index in [4.69, 9.17) is 47.0 Å². The molecule has 21 heteroatoms. The van der Waals surface area contributed by atoms with Gasteiger partial charge in [-0.2, -0.15) is 0 Å². The number of aromatic hydroxyl groups is 1. The van der Waals surface area contributed by atoms with E-state index in [9.17, 15) is 55.5 Å². The van der Waals surface area contributed by atoms with Crippen molar-refractivity contribution in [1.29, 1.82) is 0 Å². The molecule has 21 nitrogen and oxygen atoms in total. The average molecular weight is 801 g/mol. The summed E-state index contributed by atoms with van der Waals surface area (Å²) < 4.78 is 56.8. The number of hydrogen-bond acceptors (Lipinski definition) is 21. The summed E-state index contributed by atoms with van der Waals surface area (Å²) in [6, 6.07) is 3.59. The molecular weight excluding hydrogens is 756 g/mol. The van der Waals surface area contributed by atoms with Crippen LogP contribution in [0.15, 0.2) is 27.4 Å². The van der Waals surface area contributed by atoms with Gasteiger partial charge in [-0.25, -0.2) is 0 Å². The van der Waals surface area contributed by atoms with Crippen molar-refractivity contribution < 1.29 is 97.8 Å². The van der Waals surface area contributed by atoms with Crippen LogP contribution in [0, 0.1) is 0 Å². The highest BCUT2D eigenvalue weighted by molar-refractivity contribution is 5.96. The van der Waals surface area contributed by atoms with E-state index in [1.165, 1.54) is 33.1 Å². The van der Waals surface area contributed by atoms with Crippen molar-refractivity contribution >= 4 is 27.9 Å². The molecule has 3 aromatic rings. The molecule has 0 bridgehead atoms. The van der Waals surface area contributed by atoms with Crippen LogP contribution in [0.3, 0.4) is 0 Å². The number of phenolic OH excluding ortho intramolecular Hbond substituents is 1. The predicted octanol–water partition coefficient (Wildman–Crippen LogP) is -2.52. The maximum absolute atomic E-state index is 13.9. The lowest BCUT2D eigenvalue weighted by molar-refractivity contribution is -0.347. The number of benzene rings is 2. The number of carbonyl (C=O) groups excluding carboxylic acids is 1. The van der Waals surface area contributed by atoms with E-state index >= 15 is 0 Å². The number of fused-ring (bicyclic) bond motifs is 2. The first-order chi connectivity index (χ1) is 26.5. The van der Waals surface area contributed by atoms with Gasteiger partial charge in [-0.05, 0) is 19.9 Å². The van der Waals surface area contributed by atoms with Crippen LogP contribution in [0.5, 0.6) is 28.7 Å². The SMILES string of the molecule is COc1cc2c(=O)c3c(O)c(OC)c(OC4OC(CO)C(O)C(O)C4O)cc3oc2cc1OC1OC(C)C(O)C(OC2OC(C)C(O)C(O)C2O)C1OC(C)=O. The monoisotopic (exact) mass is 800 g/mol. The quantitative estimate of drug-likeness (QED) is 0.0755.